The molecule has 0 bridgehead atoms. The first kappa shape index (κ1) is 12.6. The molecule has 0 N–H and O–H groups in total. The second-order valence-electron chi connectivity index (χ2n) is 4.45. The van der Waals surface area contributed by atoms with E-state index in [0.29, 0.717) is 0 Å². The molecule has 1 radical (unpaired) electrons. The lowest BCUT2D eigenvalue weighted by molar-refractivity contribution is 0.549. The largest absolute Gasteiger partial charge is 0.316 e. The van der Waals surface area contributed by atoms with Crippen LogP contribution in [0.2, 0.25) is 0 Å². The van der Waals surface area contributed by atoms with Crippen LogP contribution in [-0.4, -0.2) is 13.0 Å². The van der Waals surface area contributed by atoms with Gasteiger partial charge in [-0.25, -0.2) is 0 Å². The van der Waals surface area contributed by atoms with Crippen molar-refractivity contribution in [2.75, 3.05) is 11.4 Å². The molecule has 0 fully saturated rings. The van der Waals surface area contributed by atoms with Gasteiger partial charge in [0.25, 0.3) is 0 Å². The fourth-order valence-electron chi connectivity index (χ4n) is 2.18. The highest BCUT2D eigenvalue weighted by Gasteiger charge is 2.09. The molecular formula is C16H18NO. The summed E-state index contributed by atoms with van der Waals surface area (Å²) in [7, 11) is 0. The van der Waals surface area contributed by atoms with Gasteiger partial charge in [0.1, 0.15) is 0 Å². The minimum Gasteiger partial charge on any atom is -0.304 e. The molecule has 2 rings (SSSR count). The molecule has 0 unspecified atom stereocenters. The smallest absolute Gasteiger partial charge is 0.304 e. The maximum atomic E-state index is 11.1. The third kappa shape index (κ3) is 2.70. The van der Waals surface area contributed by atoms with Crippen molar-refractivity contribution in [3.8, 4) is 0 Å². The Labute approximate surface area is 108 Å². The number of fused-ring (bicyclic) bond motifs is 1. The van der Waals surface area contributed by atoms with Gasteiger partial charge in [-0.05, 0) is 17.9 Å². The molecule has 0 spiro atoms. The molecule has 2 aromatic rings. The zero-order chi connectivity index (χ0) is 12.8. The van der Waals surface area contributed by atoms with Crippen LogP contribution < -0.4 is 4.90 Å². The predicted octanol–water partition coefficient (Wildman–Crippen LogP) is 3.90. The summed E-state index contributed by atoms with van der Waals surface area (Å²) in [4.78, 5) is 12.8. The average molecular weight is 240 g/mol. The fourth-order valence-corrected chi connectivity index (χ4v) is 2.18. The molecule has 0 aliphatic carbocycles. The van der Waals surface area contributed by atoms with Gasteiger partial charge in [0.05, 0.1) is 5.69 Å². The van der Waals surface area contributed by atoms with Crippen molar-refractivity contribution in [3.63, 3.8) is 0 Å². The fraction of sp³-hybridized carbons (Fsp3) is 0.312. The van der Waals surface area contributed by atoms with Crippen LogP contribution in [0.4, 0.5) is 5.69 Å². The van der Waals surface area contributed by atoms with E-state index in [1.165, 1.54) is 0 Å². The normalized spacial score (nSPS) is 10.5. The first-order chi connectivity index (χ1) is 8.86. The van der Waals surface area contributed by atoms with Crippen molar-refractivity contribution in [1.29, 1.82) is 0 Å². The van der Waals surface area contributed by atoms with Crippen LogP contribution in [0.15, 0.2) is 42.5 Å². The highest BCUT2D eigenvalue weighted by atomic mass is 16.1. The molecule has 2 heteroatoms. The van der Waals surface area contributed by atoms with Crippen molar-refractivity contribution in [3.05, 3.63) is 42.5 Å². The third-order valence-corrected chi connectivity index (χ3v) is 3.15. The zero-order valence-electron chi connectivity index (χ0n) is 10.7. The Bertz CT molecular complexity index is 516. The van der Waals surface area contributed by atoms with E-state index >= 15 is 0 Å². The maximum absolute atomic E-state index is 11.1. The molecule has 2 aromatic carbocycles. The lowest BCUT2D eigenvalue weighted by Gasteiger charge is -2.18. The zero-order valence-corrected chi connectivity index (χ0v) is 10.7. The lowest BCUT2D eigenvalue weighted by Crippen LogP contribution is -2.22. The molecule has 1 amide bonds. The Morgan fingerprint density at radius 1 is 1.06 bits per heavy atom. The SMILES string of the molecule is CCCCCN([C]=O)c1cccc2ccccc12. The molecule has 0 saturated heterocycles. The van der Waals surface area contributed by atoms with Crippen molar-refractivity contribution in [1.82, 2.24) is 0 Å². The van der Waals surface area contributed by atoms with Crippen LogP contribution in [0, 0.1) is 0 Å². The molecule has 0 aliphatic rings. The maximum Gasteiger partial charge on any atom is 0.316 e. The molecule has 0 saturated carbocycles. The number of unbranched alkanes of at least 4 members (excludes halogenated alkanes) is 2. The number of carbonyl (C=O) groups excluding carboxylic acids is 1. The highest BCUT2D eigenvalue weighted by molar-refractivity contribution is 5.98. The average Bonchev–Trinajstić information content (AvgIpc) is 2.43. The number of amides is 1. The van der Waals surface area contributed by atoms with Gasteiger partial charge < -0.3 is 4.90 Å². The third-order valence-electron chi connectivity index (χ3n) is 3.15. The Morgan fingerprint density at radius 2 is 1.83 bits per heavy atom. The van der Waals surface area contributed by atoms with E-state index in [1.807, 2.05) is 24.3 Å². The first-order valence-corrected chi connectivity index (χ1v) is 6.50. The van der Waals surface area contributed by atoms with Gasteiger partial charge in [-0.2, -0.15) is 0 Å². The van der Waals surface area contributed by atoms with E-state index < -0.39 is 0 Å². The summed E-state index contributed by atoms with van der Waals surface area (Å²) in [6, 6.07) is 14.2. The summed E-state index contributed by atoms with van der Waals surface area (Å²) in [6.07, 6.45) is 5.37. The number of rotatable bonds is 6. The number of hydrogen-bond donors (Lipinski definition) is 0. The number of benzene rings is 2. The second kappa shape index (κ2) is 6.20. The molecule has 2 nitrogen and oxygen atoms in total. The second-order valence-corrected chi connectivity index (χ2v) is 4.45. The van der Waals surface area contributed by atoms with Gasteiger partial charge in [-0.3, -0.25) is 4.79 Å². The molecule has 18 heavy (non-hydrogen) atoms. The molecule has 93 valence electrons. The monoisotopic (exact) mass is 240 g/mol. The summed E-state index contributed by atoms with van der Waals surface area (Å²) in [5, 5.41) is 2.27. The van der Waals surface area contributed by atoms with Crippen molar-refractivity contribution < 1.29 is 4.79 Å². The summed E-state index contributed by atoms with van der Waals surface area (Å²) in [6.45, 7) is 2.90. The first-order valence-electron chi connectivity index (χ1n) is 6.50. The van der Waals surface area contributed by atoms with Gasteiger partial charge in [0.2, 0.25) is 0 Å². The van der Waals surface area contributed by atoms with Gasteiger partial charge in [-0.1, -0.05) is 56.2 Å². The van der Waals surface area contributed by atoms with E-state index in [-0.39, 0.29) is 0 Å². The van der Waals surface area contributed by atoms with Crippen LogP contribution in [0.25, 0.3) is 10.8 Å². The van der Waals surface area contributed by atoms with Crippen LogP contribution in [0.3, 0.4) is 0 Å². The Hall–Kier alpha value is -1.83. The summed E-state index contributed by atoms with van der Waals surface area (Å²) in [5.74, 6) is 0. The van der Waals surface area contributed by atoms with Crippen molar-refractivity contribution >= 4 is 22.9 Å². The predicted molar refractivity (Wildman–Crippen MR) is 76.5 cm³/mol. The number of nitrogens with zero attached hydrogens (tertiary/aromatic N) is 1. The van der Waals surface area contributed by atoms with Gasteiger partial charge >= 0.3 is 6.41 Å². The molecule has 0 aliphatic heterocycles. The summed E-state index contributed by atoms with van der Waals surface area (Å²) < 4.78 is 0. The minimum atomic E-state index is 0.741. The highest BCUT2D eigenvalue weighted by Crippen LogP contribution is 2.26. The molecule has 0 aromatic heterocycles. The van der Waals surface area contributed by atoms with Crippen LogP contribution >= 0.6 is 0 Å². The standard InChI is InChI=1S/C16H18NO/c1-2-3-6-12-17(13-18)16-11-7-9-14-8-4-5-10-15(14)16/h4-5,7-11H,2-3,6,12H2,1H3. The van der Waals surface area contributed by atoms with Gasteiger partial charge in [-0.15, -0.1) is 0 Å². The Kier molecular flexibility index (Phi) is 4.35. The topological polar surface area (TPSA) is 20.3 Å². The van der Waals surface area contributed by atoms with Gasteiger partial charge in [0, 0.05) is 11.9 Å². The van der Waals surface area contributed by atoms with E-state index in [4.69, 9.17) is 0 Å². The van der Waals surface area contributed by atoms with Gasteiger partial charge in [0.15, 0.2) is 0 Å². The Morgan fingerprint density at radius 3 is 2.61 bits per heavy atom. The van der Waals surface area contributed by atoms with Crippen LogP contribution in [-0.2, 0) is 4.79 Å². The number of anilines is 1. The Balaban J connectivity index is 2.30. The van der Waals surface area contributed by atoms with Crippen LogP contribution in [0.5, 0.6) is 0 Å². The summed E-state index contributed by atoms with van der Waals surface area (Å²) >= 11 is 0. The molecular weight excluding hydrogens is 222 g/mol. The van der Waals surface area contributed by atoms with Crippen molar-refractivity contribution in [2.45, 2.75) is 26.2 Å². The van der Waals surface area contributed by atoms with Crippen molar-refractivity contribution in [2.24, 2.45) is 0 Å². The lowest BCUT2D eigenvalue weighted by atomic mass is 10.1. The quantitative estimate of drug-likeness (QED) is 0.554. The minimum absolute atomic E-state index is 0.741. The molecule has 0 heterocycles. The van der Waals surface area contributed by atoms with Crippen LogP contribution in [0.1, 0.15) is 26.2 Å². The van der Waals surface area contributed by atoms with E-state index in [9.17, 15) is 4.79 Å². The van der Waals surface area contributed by atoms with E-state index in [2.05, 4.69) is 31.5 Å². The van der Waals surface area contributed by atoms with E-state index in [1.54, 1.807) is 4.90 Å². The summed E-state index contributed by atoms with van der Waals surface area (Å²) in [5.41, 5.74) is 0.958. The number of hydrogen-bond acceptors (Lipinski definition) is 1. The van der Waals surface area contributed by atoms with E-state index in [0.717, 1.165) is 42.3 Å². The molecule has 0 atom stereocenters.